The van der Waals surface area contributed by atoms with E-state index in [-0.39, 0.29) is 52.4 Å². The summed E-state index contributed by atoms with van der Waals surface area (Å²) in [6.07, 6.45) is -4.30. The van der Waals surface area contributed by atoms with Crippen LogP contribution in [0, 0.1) is 0 Å². The van der Waals surface area contributed by atoms with Crippen LogP contribution in [0.2, 0.25) is 0 Å². The predicted molar refractivity (Wildman–Crippen MR) is 160 cm³/mol. The number of aromatic amines is 1. The number of rotatable bonds is 10. The van der Waals surface area contributed by atoms with Crippen LogP contribution in [0.25, 0.3) is 22.3 Å². The highest BCUT2D eigenvalue weighted by atomic mass is 32.7. The van der Waals surface area contributed by atoms with E-state index in [1.54, 1.807) is 0 Å². The molecule has 2 saturated heterocycles. The number of H-pyrrole nitrogens is 1. The van der Waals surface area contributed by atoms with Crippen molar-refractivity contribution in [1.82, 2.24) is 44.5 Å². The van der Waals surface area contributed by atoms with E-state index < -0.39 is 62.2 Å². The number of imidazole rings is 1. The van der Waals surface area contributed by atoms with Crippen LogP contribution in [0.3, 0.4) is 0 Å². The molecule has 0 radical (unpaired) electrons. The number of aromatic nitrogens is 9. The first kappa shape index (κ1) is 31.5. The molecule has 0 spiro atoms. The number of hydrogen-bond acceptors (Lipinski definition) is 17. The fraction of sp³-hybridized carbons (Fsp3) is 0.526. The summed E-state index contributed by atoms with van der Waals surface area (Å²) in [5.41, 5.74) is 11.3. The first-order valence-electron chi connectivity index (χ1n) is 12.5. The Morgan fingerprint density at radius 2 is 2.11 bits per heavy atom. The first-order valence-corrected chi connectivity index (χ1v) is 18.4. The molecule has 2 aliphatic rings. The fourth-order valence-electron chi connectivity index (χ4n) is 4.88. The van der Waals surface area contributed by atoms with Gasteiger partial charge in [0.25, 0.3) is 5.56 Å². The van der Waals surface area contributed by atoms with Gasteiger partial charge in [-0.15, -0.1) is 21.4 Å². The third kappa shape index (κ3) is 6.06. The van der Waals surface area contributed by atoms with Gasteiger partial charge in [-0.25, -0.2) is 19.3 Å². The number of aliphatic hydroxyl groups is 1. The van der Waals surface area contributed by atoms with Gasteiger partial charge in [0.05, 0.1) is 25.6 Å². The van der Waals surface area contributed by atoms with Gasteiger partial charge >= 0.3 is 13.9 Å². The summed E-state index contributed by atoms with van der Waals surface area (Å²) in [4.78, 5) is 41.8. The smallest absolute Gasteiger partial charge is 0.395 e. The van der Waals surface area contributed by atoms with Crippen molar-refractivity contribution in [2.75, 3.05) is 24.7 Å². The van der Waals surface area contributed by atoms with Crippen LogP contribution in [-0.2, 0) is 34.7 Å². The van der Waals surface area contributed by atoms with Crippen LogP contribution in [0.15, 0.2) is 17.4 Å². The second kappa shape index (κ2) is 12.4. The van der Waals surface area contributed by atoms with Crippen molar-refractivity contribution in [3.05, 3.63) is 23.0 Å². The molecule has 4 aromatic rings. The molecule has 4 aromatic heterocycles. The van der Waals surface area contributed by atoms with E-state index in [4.69, 9.17) is 41.6 Å². The highest BCUT2D eigenvalue weighted by molar-refractivity contribution is 8.39. The maximum atomic E-state index is 15.7. The molecule has 0 amide bonds. The van der Waals surface area contributed by atoms with Gasteiger partial charge < -0.3 is 35.3 Å². The number of halogens is 1. The Labute approximate surface area is 260 Å². The largest absolute Gasteiger partial charge is 0.582 e. The zero-order valence-corrected chi connectivity index (χ0v) is 26.2. The Hall–Kier alpha value is -2.43. The number of hydrogen-bond donors (Lipinski definition) is 6. The first-order chi connectivity index (χ1) is 21.0. The molecular weight excluding hydrogens is 687 g/mol. The van der Waals surface area contributed by atoms with Crippen LogP contribution in [0.4, 0.5) is 16.2 Å². The van der Waals surface area contributed by atoms with Crippen LogP contribution in [-0.4, -0.2) is 97.4 Å². The molecule has 0 bridgehead atoms. The van der Waals surface area contributed by atoms with E-state index in [1.807, 2.05) is 0 Å². The Kier molecular flexibility index (Phi) is 8.89. The second-order valence-corrected chi connectivity index (χ2v) is 15.4. The lowest BCUT2D eigenvalue weighted by molar-refractivity contribution is -0.0476. The van der Waals surface area contributed by atoms with Gasteiger partial charge in [-0.1, -0.05) is 5.21 Å². The van der Waals surface area contributed by atoms with Crippen molar-refractivity contribution < 1.29 is 37.3 Å². The van der Waals surface area contributed by atoms with Crippen molar-refractivity contribution >= 4 is 83.9 Å². The van der Waals surface area contributed by atoms with Crippen molar-refractivity contribution in [2.24, 2.45) is 0 Å². The number of thiol groups is 1. The number of fused-ring (bicyclic) bond motifs is 2. The number of thioether (sulfide) groups is 1. The number of aliphatic hydroxyl groups excluding tert-OH is 1. The Balaban J connectivity index is 1.20. The minimum atomic E-state index is -4.09. The second-order valence-electron chi connectivity index (χ2n) is 9.53. The predicted octanol–water partition coefficient (Wildman–Crippen LogP) is 0.342. The molecule has 9 atom stereocenters. The highest BCUT2D eigenvalue weighted by Gasteiger charge is 2.52. The standard InChI is InChI=1S/C19H22FN11O8P2S3/c20-9-12(38-40(34)42)8(37-17(9)31-14-10(28-29-31)13(21)23-4-24-14)3-36-41(35,43)39-7-1-6(2-32)44-18(7)30-5-25-11-15(30)26-19(22)27-16(11)33/h4-9,12,17-18,32H,1-3H2,(H6-,21,22,23,24,26,27,29,33,34,35,42,43)/p+1/t6-,7+,8+,9-,12+,17+,18+,41?/m0/s1. The third-order valence-electron chi connectivity index (χ3n) is 6.75. The molecule has 7 N–H and O–H groups in total. The van der Waals surface area contributed by atoms with Gasteiger partial charge in [0.1, 0.15) is 30.1 Å². The average molecular weight is 711 g/mol. The van der Waals surface area contributed by atoms with Crippen LogP contribution < -0.4 is 17.0 Å². The molecule has 0 aromatic carbocycles. The molecule has 6 heterocycles. The topological polar surface area (TPSA) is 267 Å². The maximum absolute atomic E-state index is 15.7. The van der Waals surface area contributed by atoms with Gasteiger partial charge in [0, 0.05) is 5.25 Å². The lowest BCUT2D eigenvalue weighted by atomic mass is 10.1. The lowest BCUT2D eigenvalue weighted by Gasteiger charge is -2.26. The molecule has 19 nitrogen and oxygen atoms in total. The fourth-order valence-corrected chi connectivity index (χ4v) is 8.61. The molecule has 44 heavy (non-hydrogen) atoms. The summed E-state index contributed by atoms with van der Waals surface area (Å²) in [6, 6.07) is 0. The number of nitrogens with two attached hydrogens (primary N) is 2. The van der Waals surface area contributed by atoms with Crippen molar-refractivity contribution in [2.45, 2.75) is 47.8 Å². The van der Waals surface area contributed by atoms with Gasteiger partial charge in [-0.05, 0) is 22.8 Å². The monoisotopic (exact) mass is 710 g/mol. The van der Waals surface area contributed by atoms with E-state index in [1.165, 1.54) is 22.7 Å². The Morgan fingerprint density at radius 1 is 1.32 bits per heavy atom. The highest BCUT2D eigenvalue weighted by Crippen LogP contribution is 2.54. The number of ether oxygens (including phenoxy) is 1. The minimum Gasteiger partial charge on any atom is -0.395 e. The van der Waals surface area contributed by atoms with Crippen LogP contribution in [0.1, 0.15) is 18.0 Å². The normalized spacial score (nSPS) is 29.0. The van der Waals surface area contributed by atoms with E-state index in [0.717, 1.165) is 11.0 Å². The molecule has 6 rings (SSSR count). The van der Waals surface area contributed by atoms with Crippen LogP contribution in [0.5, 0.6) is 0 Å². The zero-order valence-electron chi connectivity index (χ0n) is 21.9. The summed E-state index contributed by atoms with van der Waals surface area (Å²) in [5.74, 6) is -0.116. The van der Waals surface area contributed by atoms with Crippen molar-refractivity contribution in [3.63, 3.8) is 0 Å². The van der Waals surface area contributed by atoms with Gasteiger partial charge in [-0.3, -0.25) is 14.3 Å². The summed E-state index contributed by atoms with van der Waals surface area (Å²) in [5, 5.41) is 16.6. The molecule has 2 unspecified atom stereocenters. The Morgan fingerprint density at radius 3 is 2.86 bits per heavy atom. The quantitative estimate of drug-likeness (QED) is 0.0957. The van der Waals surface area contributed by atoms with Crippen molar-refractivity contribution in [1.29, 1.82) is 0 Å². The molecule has 25 heteroatoms. The van der Waals surface area contributed by atoms with Crippen LogP contribution >= 0.6 is 38.0 Å². The van der Waals surface area contributed by atoms with E-state index in [0.29, 0.717) is 0 Å². The van der Waals surface area contributed by atoms with Gasteiger partial charge in [0.2, 0.25) is 5.95 Å². The molecule has 0 aliphatic carbocycles. The number of anilines is 2. The molecule has 2 aliphatic heterocycles. The van der Waals surface area contributed by atoms with Crippen molar-refractivity contribution in [3.8, 4) is 0 Å². The number of alkyl halides is 1. The summed E-state index contributed by atoms with van der Waals surface area (Å²) in [6.45, 7) is -4.86. The summed E-state index contributed by atoms with van der Waals surface area (Å²) >= 11 is 10.3. The SMILES string of the molecule is Nc1nc2c(ncn2[C@@H]2S[C@H](CO)C[C@H]2OP(O)(=S)OC[C@H]2O[C@@H](n3nnc4c(N)ncnc43)[C@@H](F)[C@@H]2O[P+](=O)S)c(=O)[nH]1. The molecule has 0 saturated carbocycles. The summed E-state index contributed by atoms with van der Waals surface area (Å²) < 4.78 is 52.5. The lowest BCUT2D eigenvalue weighted by Crippen LogP contribution is -2.33. The van der Waals surface area contributed by atoms with E-state index in [9.17, 15) is 19.4 Å². The average Bonchev–Trinajstić information content (AvgIpc) is 3.73. The maximum Gasteiger partial charge on any atom is 0.582 e. The summed E-state index contributed by atoms with van der Waals surface area (Å²) in [7, 11) is -2.59. The number of nitrogens with one attached hydrogen (secondary N) is 1. The molecule has 2 fully saturated rings. The molecular formula is C19H23FN11O8P2S3+. The Bertz CT molecular complexity index is 1830. The van der Waals surface area contributed by atoms with Gasteiger partial charge in [-0.2, -0.15) is 9.67 Å². The number of nitrogen functional groups attached to an aromatic ring is 2. The van der Waals surface area contributed by atoms with E-state index in [2.05, 4.69) is 47.5 Å². The molecule has 236 valence electrons. The van der Waals surface area contributed by atoms with E-state index >= 15 is 4.39 Å². The number of nitrogens with zero attached hydrogens (tertiary/aromatic N) is 8. The third-order valence-corrected chi connectivity index (χ3v) is 10.6. The zero-order chi connectivity index (χ0) is 31.3. The minimum absolute atomic E-state index is 0.0143. The van der Waals surface area contributed by atoms with Gasteiger partial charge in [0.15, 0.2) is 46.6 Å².